The van der Waals surface area contributed by atoms with Gasteiger partial charge < -0.3 is 10.7 Å². The van der Waals surface area contributed by atoms with Crippen molar-refractivity contribution >= 4 is 22.6 Å². The van der Waals surface area contributed by atoms with E-state index in [9.17, 15) is 9.59 Å². The van der Waals surface area contributed by atoms with Crippen molar-refractivity contribution in [3.8, 4) is 0 Å². The number of hydrogen-bond donors (Lipinski definition) is 2. The third-order valence-corrected chi connectivity index (χ3v) is 2.42. The lowest BCUT2D eigenvalue weighted by molar-refractivity contribution is 0.0856. The maximum atomic E-state index is 11.8. The van der Waals surface area contributed by atoms with Gasteiger partial charge in [0.2, 0.25) is 5.91 Å². The number of carbonyl (C=O) groups is 1. The Labute approximate surface area is 91.9 Å². The molecule has 0 unspecified atom stereocenters. The summed E-state index contributed by atoms with van der Waals surface area (Å²) in [6, 6.07) is 4.98. The molecule has 0 aliphatic rings. The molecule has 16 heavy (non-hydrogen) atoms. The molecule has 0 amide bonds. The van der Waals surface area contributed by atoms with Crippen molar-refractivity contribution in [1.82, 2.24) is 9.55 Å². The number of imidazole rings is 1. The van der Waals surface area contributed by atoms with E-state index in [4.69, 9.17) is 5.73 Å². The first-order chi connectivity index (χ1) is 7.50. The highest BCUT2D eigenvalue weighted by Gasteiger charge is 2.16. The minimum Gasteiger partial charge on any atom is -0.399 e. The number of nitrogens with one attached hydrogen (secondary N) is 1. The van der Waals surface area contributed by atoms with Crippen LogP contribution in [0.2, 0.25) is 0 Å². The molecular formula is C11H13N3O2. The zero-order chi connectivity index (χ0) is 11.9. The Hall–Kier alpha value is -2.04. The van der Waals surface area contributed by atoms with E-state index >= 15 is 0 Å². The molecule has 1 aromatic heterocycles. The van der Waals surface area contributed by atoms with Crippen LogP contribution in [-0.4, -0.2) is 15.5 Å². The van der Waals surface area contributed by atoms with E-state index < -0.39 is 5.69 Å². The fraction of sp³-hybridized carbons (Fsp3) is 0.273. The summed E-state index contributed by atoms with van der Waals surface area (Å²) in [7, 11) is 0. The molecule has 0 fully saturated rings. The molecule has 84 valence electrons. The fourth-order valence-corrected chi connectivity index (χ4v) is 1.61. The number of fused-ring (bicyclic) bond motifs is 1. The maximum Gasteiger partial charge on any atom is 0.333 e. The van der Waals surface area contributed by atoms with E-state index in [0.717, 1.165) is 4.57 Å². The number of benzene rings is 1. The molecule has 0 spiro atoms. The van der Waals surface area contributed by atoms with Gasteiger partial charge in [-0.25, -0.2) is 9.36 Å². The minimum atomic E-state index is -0.417. The summed E-state index contributed by atoms with van der Waals surface area (Å²) in [5.74, 6) is -0.449. The molecule has 0 radical (unpaired) electrons. The molecule has 1 aromatic carbocycles. The average Bonchev–Trinajstić information content (AvgIpc) is 2.51. The van der Waals surface area contributed by atoms with Gasteiger partial charge in [0, 0.05) is 11.6 Å². The zero-order valence-corrected chi connectivity index (χ0v) is 9.15. The van der Waals surface area contributed by atoms with Gasteiger partial charge in [-0.3, -0.25) is 4.79 Å². The van der Waals surface area contributed by atoms with Gasteiger partial charge in [-0.1, -0.05) is 13.8 Å². The van der Waals surface area contributed by atoms with Crippen LogP contribution in [0.3, 0.4) is 0 Å². The van der Waals surface area contributed by atoms with Gasteiger partial charge in [-0.05, 0) is 18.2 Å². The highest BCUT2D eigenvalue weighted by Crippen LogP contribution is 2.15. The van der Waals surface area contributed by atoms with Crippen LogP contribution in [0.25, 0.3) is 11.0 Å². The summed E-state index contributed by atoms with van der Waals surface area (Å²) in [6.45, 7) is 3.51. The highest BCUT2D eigenvalue weighted by atomic mass is 16.2. The van der Waals surface area contributed by atoms with Gasteiger partial charge in [0.25, 0.3) is 0 Å². The maximum absolute atomic E-state index is 11.8. The number of aromatic nitrogens is 2. The van der Waals surface area contributed by atoms with Gasteiger partial charge in [0.15, 0.2) is 0 Å². The van der Waals surface area contributed by atoms with Crippen molar-refractivity contribution in [2.24, 2.45) is 5.92 Å². The molecule has 5 heteroatoms. The number of carbonyl (C=O) groups excluding carboxylic acids is 1. The largest absolute Gasteiger partial charge is 0.399 e. The second kappa shape index (κ2) is 3.52. The van der Waals surface area contributed by atoms with Crippen molar-refractivity contribution < 1.29 is 4.79 Å². The van der Waals surface area contributed by atoms with Crippen molar-refractivity contribution in [2.45, 2.75) is 13.8 Å². The zero-order valence-electron chi connectivity index (χ0n) is 9.15. The van der Waals surface area contributed by atoms with Gasteiger partial charge in [0.1, 0.15) is 0 Å². The molecule has 2 aromatic rings. The molecule has 5 nitrogen and oxygen atoms in total. The Balaban J connectivity index is 2.75. The molecule has 0 saturated carbocycles. The number of H-pyrrole nitrogens is 1. The van der Waals surface area contributed by atoms with Gasteiger partial charge in [0.05, 0.1) is 11.0 Å². The van der Waals surface area contributed by atoms with Crippen molar-refractivity contribution in [3.05, 3.63) is 28.7 Å². The van der Waals surface area contributed by atoms with E-state index in [-0.39, 0.29) is 11.8 Å². The minimum absolute atomic E-state index is 0.221. The van der Waals surface area contributed by atoms with E-state index in [1.165, 1.54) is 0 Å². The van der Waals surface area contributed by atoms with Crippen LogP contribution in [0.5, 0.6) is 0 Å². The van der Waals surface area contributed by atoms with E-state index in [1.54, 1.807) is 32.0 Å². The van der Waals surface area contributed by atoms with E-state index in [2.05, 4.69) is 4.98 Å². The third-order valence-electron chi connectivity index (χ3n) is 2.42. The summed E-state index contributed by atoms with van der Waals surface area (Å²) in [5, 5.41) is 0. The highest BCUT2D eigenvalue weighted by molar-refractivity contribution is 5.92. The number of nitrogens with two attached hydrogens (primary N) is 1. The Morgan fingerprint density at radius 2 is 2.12 bits per heavy atom. The Bertz CT molecular complexity index is 607. The van der Waals surface area contributed by atoms with Crippen molar-refractivity contribution in [1.29, 1.82) is 0 Å². The number of nitrogens with zero attached hydrogens (tertiary/aromatic N) is 1. The SMILES string of the molecule is CC(C)C(=O)n1c(=O)[nH]c2cc(N)ccc21. The van der Waals surface area contributed by atoms with Crippen LogP contribution in [0.1, 0.15) is 18.6 Å². The standard InChI is InChI=1S/C11H13N3O2/c1-6(2)10(15)14-9-4-3-7(12)5-8(9)13-11(14)16/h3-6H,12H2,1-2H3,(H,13,16). The van der Waals surface area contributed by atoms with Crippen LogP contribution in [0.4, 0.5) is 5.69 Å². The molecule has 0 aliphatic heterocycles. The van der Waals surface area contributed by atoms with Gasteiger partial charge >= 0.3 is 5.69 Å². The van der Waals surface area contributed by atoms with Crippen LogP contribution < -0.4 is 11.4 Å². The lowest BCUT2D eigenvalue weighted by Crippen LogP contribution is -2.27. The number of anilines is 1. The first-order valence-corrected chi connectivity index (χ1v) is 5.05. The molecule has 0 saturated heterocycles. The Morgan fingerprint density at radius 3 is 2.75 bits per heavy atom. The third kappa shape index (κ3) is 1.50. The smallest absolute Gasteiger partial charge is 0.333 e. The predicted molar refractivity (Wildman–Crippen MR) is 62.4 cm³/mol. The molecular weight excluding hydrogens is 206 g/mol. The van der Waals surface area contributed by atoms with Crippen LogP contribution >= 0.6 is 0 Å². The van der Waals surface area contributed by atoms with Crippen LogP contribution in [-0.2, 0) is 0 Å². The second-order valence-electron chi connectivity index (χ2n) is 4.04. The number of rotatable bonds is 1. The van der Waals surface area contributed by atoms with Crippen LogP contribution in [0.15, 0.2) is 23.0 Å². The van der Waals surface area contributed by atoms with Gasteiger partial charge in [-0.2, -0.15) is 0 Å². The number of nitrogen functional groups attached to an aromatic ring is 1. The predicted octanol–water partition coefficient (Wildman–Crippen LogP) is 1.21. The van der Waals surface area contributed by atoms with Crippen LogP contribution in [0, 0.1) is 5.92 Å². The van der Waals surface area contributed by atoms with E-state index in [1.807, 2.05) is 0 Å². The summed E-state index contributed by atoms with van der Waals surface area (Å²) in [6.07, 6.45) is 0. The monoisotopic (exact) mass is 219 g/mol. The average molecular weight is 219 g/mol. The van der Waals surface area contributed by atoms with E-state index in [0.29, 0.717) is 16.7 Å². The molecule has 0 bridgehead atoms. The lowest BCUT2D eigenvalue weighted by Gasteiger charge is -2.04. The molecule has 2 rings (SSSR count). The topological polar surface area (TPSA) is 80.9 Å². The molecule has 0 atom stereocenters. The fourth-order valence-electron chi connectivity index (χ4n) is 1.61. The summed E-state index contributed by atoms with van der Waals surface area (Å²) >= 11 is 0. The molecule has 3 N–H and O–H groups in total. The molecule has 0 aliphatic carbocycles. The Morgan fingerprint density at radius 1 is 1.44 bits per heavy atom. The summed E-state index contributed by atoms with van der Waals surface area (Å²) < 4.78 is 1.15. The lowest BCUT2D eigenvalue weighted by atomic mass is 10.2. The first-order valence-electron chi connectivity index (χ1n) is 5.05. The number of aromatic amines is 1. The number of hydrogen-bond acceptors (Lipinski definition) is 3. The normalized spacial score (nSPS) is 11.2. The summed E-state index contributed by atoms with van der Waals surface area (Å²) in [5.41, 5.74) is 6.89. The van der Waals surface area contributed by atoms with Crippen molar-refractivity contribution in [2.75, 3.05) is 5.73 Å². The summed E-state index contributed by atoms with van der Waals surface area (Å²) in [4.78, 5) is 26.1. The Kier molecular flexibility index (Phi) is 2.30. The van der Waals surface area contributed by atoms with Gasteiger partial charge in [-0.15, -0.1) is 0 Å². The molecule has 1 heterocycles. The quantitative estimate of drug-likeness (QED) is 0.707. The second-order valence-corrected chi connectivity index (χ2v) is 4.04. The van der Waals surface area contributed by atoms with Crippen molar-refractivity contribution in [3.63, 3.8) is 0 Å². The first kappa shape index (κ1) is 10.5.